The van der Waals surface area contributed by atoms with Crippen LogP contribution in [0.2, 0.25) is 0 Å². The zero-order valence-electron chi connectivity index (χ0n) is 12.7. The second-order valence-electron chi connectivity index (χ2n) is 6.63. The Bertz CT molecular complexity index is 292. The summed E-state index contributed by atoms with van der Waals surface area (Å²) in [5.74, 6) is 1.32. The second kappa shape index (κ2) is 6.49. The molecule has 0 bridgehead atoms. The molecule has 1 aliphatic rings. The van der Waals surface area contributed by atoms with Gasteiger partial charge in [0.25, 0.3) is 0 Å². The SMILES string of the molecule is CC(C)COC1CC(NC(C)CS(C)=O)C1(C)C. The Morgan fingerprint density at radius 3 is 2.44 bits per heavy atom. The maximum atomic E-state index is 11.2. The van der Waals surface area contributed by atoms with Gasteiger partial charge in [-0.15, -0.1) is 0 Å². The summed E-state index contributed by atoms with van der Waals surface area (Å²) >= 11 is 0. The lowest BCUT2D eigenvalue weighted by molar-refractivity contribution is -0.125. The highest BCUT2D eigenvalue weighted by Gasteiger charge is 2.49. The molecule has 4 atom stereocenters. The molecule has 0 aromatic carbocycles. The number of hydrogen-bond acceptors (Lipinski definition) is 3. The molecule has 0 amide bonds. The molecule has 0 aliphatic heterocycles. The van der Waals surface area contributed by atoms with Crippen LogP contribution in [0.5, 0.6) is 0 Å². The van der Waals surface area contributed by atoms with E-state index in [-0.39, 0.29) is 5.41 Å². The molecule has 1 N–H and O–H groups in total. The number of hydrogen-bond donors (Lipinski definition) is 1. The van der Waals surface area contributed by atoms with Crippen LogP contribution >= 0.6 is 0 Å². The van der Waals surface area contributed by atoms with Crippen LogP contribution in [0, 0.1) is 11.3 Å². The second-order valence-corrected chi connectivity index (χ2v) is 8.11. The molecule has 108 valence electrons. The Labute approximate surface area is 115 Å². The fraction of sp³-hybridized carbons (Fsp3) is 1.00. The Morgan fingerprint density at radius 2 is 2.00 bits per heavy atom. The van der Waals surface area contributed by atoms with Gasteiger partial charge in [0.15, 0.2) is 0 Å². The van der Waals surface area contributed by atoms with Crippen LogP contribution in [0.25, 0.3) is 0 Å². The normalized spacial score (nSPS) is 29.9. The summed E-state index contributed by atoms with van der Waals surface area (Å²) < 4.78 is 17.1. The largest absolute Gasteiger partial charge is 0.377 e. The predicted molar refractivity (Wildman–Crippen MR) is 78.3 cm³/mol. The molecule has 3 nitrogen and oxygen atoms in total. The minimum absolute atomic E-state index is 0.179. The Morgan fingerprint density at radius 1 is 1.39 bits per heavy atom. The van der Waals surface area contributed by atoms with Crippen LogP contribution in [0.4, 0.5) is 0 Å². The Hall–Kier alpha value is 0.0700. The third kappa shape index (κ3) is 4.32. The van der Waals surface area contributed by atoms with Gasteiger partial charge in [-0.3, -0.25) is 4.21 Å². The molecule has 4 unspecified atom stereocenters. The molecule has 1 saturated carbocycles. The van der Waals surface area contributed by atoms with Crippen LogP contribution in [0.1, 0.15) is 41.0 Å². The van der Waals surface area contributed by atoms with Crippen molar-refractivity contribution in [3.63, 3.8) is 0 Å². The van der Waals surface area contributed by atoms with Crippen molar-refractivity contribution in [1.29, 1.82) is 0 Å². The molecule has 18 heavy (non-hydrogen) atoms. The van der Waals surface area contributed by atoms with Gasteiger partial charge in [-0.25, -0.2) is 0 Å². The van der Waals surface area contributed by atoms with Crippen LogP contribution in [-0.4, -0.2) is 41.0 Å². The van der Waals surface area contributed by atoms with E-state index < -0.39 is 10.8 Å². The van der Waals surface area contributed by atoms with Gasteiger partial charge >= 0.3 is 0 Å². The summed E-state index contributed by atoms with van der Waals surface area (Å²) in [4.78, 5) is 0. The summed E-state index contributed by atoms with van der Waals surface area (Å²) in [7, 11) is -0.727. The lowest BCUT2D eigenvalue weighted by Crippen LogP contribution is -2.63. The predicted octanol–water partition coefficient (Wildman–Crippen LogP) is 2.18. The van der Waals surface area contributed by atoms with E-state index >= 15 is 0 Å². The minimum atomic E-state index is -0.727. The molecule has 0 aromatic heterocycles. The number of rotatable bonds is 7. The van der Waals surface area contributed by atoms with Crippen molar-refractivity contribution in [1.82, 2.24) is 5.32 Å². The first kappa shape index (κ1) is 16.1. The zero-order chi connectivity index (χ0) is 13.9. The Balaban J connectivity index is 2.36. The maximum absolute atomic E-state index is 11.2. The van der Waals surface area contributed by atoms with E-state index in [9.17, 15) is 4.21 Å². The van der Waals surface area contributed by atoms with Crippen LogP contribution in [-0.2, 0) is 15.5 Å². The fourth-order valence-electron chi connectivity index (χ4n) is 2.50. The fourth-order valence-corrected chi connectivity index (χ4v) is 3.30. The lowest BCUT2D eigenvalue weighted by atomic mass is 9.64. The summed E-state index contributed by atoms with van der Waals surface area (Å²) in [5, 5.41) is 3.58. The van der Waals surface area contributed by atoms with E-state index in [0.717, 1.165) is 18.8 Å². The summed E-state index contributed by atoms with van der Waals surface area (Å²) in [6, 6.07) is 0.791. The van der Waals surface area contributed by atoms with E-state index in [0.29, 0.717) is 24.1 Å². The average molecular weight is 275 g/mol. The average Bonchev–Trinajstić information content (AvgIpc) is 2.20. The van der Waals surface area contributed by atoms with Crippen LogP contribution in [0.15, 0.2) is 0 Å². The minimum Gasteiger partial charge on any atom is -0.377 e. The van der Waals surface area contributed by atoms with E-state index in [1.165, 1.54) is 0 Å². The monoisotopic (exact) mass is 275 g/mol. The van der Waals surface area contributed by atoms with Crippen molar-refractivity contribution >= 4 is 10.8 Å². The number of ether oxygens (including phenoxy) is 1. The standard InChI is InChI=1S/C14H29NO2S/c1-10(2)8-17-13-7-12(14(13,4)5)15-11(3)9-18(6)16/h10-13,15H,7-9H2,1-6H3. The Kier molecular flexibility index (Phi) is 5.81. The highest BCUT2D eigenvalue weighted by molar-refractivity contribution is 7.84. The third-order valence-corrected chi connectivity index (χ3v) is 4.75. The smallest absolute Gasteiger partial charge is 0.0656 e. The van der Waals surface area contributed by atoms with Gasteiger partial charge < -0.3 is 10.1 Å². The van der Waals surface area contributed by atoms with E-state index in [1.54, 1.807) is 6.26 Å². The summed E-state index contributed by atoms with van der Waals surface area (Å²) in [5.41, 5.74) is 0.179. The zero-order valence-corrected chi connectivity index (χ0v) is 13.5. The van der Waals surface area contributed by atoms with Gasteiger partial charge in [-0.05, 0) is 19.3 Å². The quantitative estimate of drug-likeness (QED) is 0.774. The molecule has 0 heterocycles. The highest BCUT2D eigenvalue weighted by Crippen LogP contribution is 2.43. The highest BCUT2D eigenvalue weighted by atomic mass is 32.2. The van der Waals surface area contributed by atoms with E-state index in [2.05, 4.69) is 39.9 Å². The molecule has 0 spiro atoms. The summed E-state index contributed by atoms with van der Waals surface area (Å²) in [6.45, 7) is 11.8. The molecule has 0 aromatic rings. The molecule has 1 rings (SSSR count). The first-order valence-corrected chi connectivity index (χ1v) is 8.63. The van der Waals surface area contributed by atoms with Crippen molar-refractivity contribution < 1.29 is 8.95 Å². The van der Waals surface area contributed by atoms with Crippen molar-refractivity contribution in [3.05, 3.63) is 0 Å². The molecular formula is C14H29NO2S. The molecular weight excluding hydrogens is 246 g/mol. The van der Waals surface area contributed by atoms with Gasteiger partial charge in [0.1, 0.15) is 0 Å². The van der Waals surface area contributed by atoms with Crippen molar-refractivity contribution in [2.45, 2.75) is 59.2 Å². The van der Waals surface area contributed by atoms with Gasteiger partial charge in [0, 0.05) is 46.9 Å². The molecule has 0 radical (unpaired) electrons. The first-order chi connectivity index (χ1) is 8.23. The molecule has 4 heteroatoms. The van der Waals surface area contributed by atoms with Gasteiger partial charge in [0.05, 0.1) is 6.10 Å². The molecule has 0 saturated heterocycles. The van der Waals surface area contributed by atoms with E-state index in [1.807, 2.05) is 0 Å². The topological polar surface area (TPSA) is 38.3 Å². The van der Waals surface area contributed by atoms with Gasteiger partial charge in [-0.2, -0.15) is 0 Å². The van der Waals surface area contributed by atoms with Crippen molar-refractivity contribution in [2.75, 3.05) is 18.6 Å². The number of nitrogens with one attached hydrogen (secondary N) is 1. The van der Waals surface area contributed by atoms with Crippen molar-refractivity contribution in [2.24, 2.45) is 11.3 Å². The molecule has 1 aliphatic carbocycles. The molecule has 1 fully saturated rings. The lowest BCUT2D eigenvalue weighted by Gasteiger charge is -2.53. The third-order valence-electron chi connectivity index (χ3n) is 3.78. The summed E-state index contributed by atoms with van der Waals surface area (Å²) in [6.07, 6.45) is 3.19. The first-order valence-electron chi connectivity index (χ1n) is 6.91. The van der Waals surface area contributed by atoms with Crippen LogP contribution < -0.4 is 5.32 Å². The van der Waals surface area contributed by atoms with Gasteiger partial charge in [0.2, 0.25) is 0 Å². The van der Waals surface area contributed by atoms with Crippen LogP contribution in [0.3, 0.4) is 0 Å². The maximum Gasteiger partial charge on any atom is 0.0656 e. The van der Waals surface area contributed by atoms with Crippen molar-refractivity contribution in [3.8, 4) is 0 Å². The van der Waals surface area contributed by atoms with Gasteiger partial charge in [-0.1, -0.05) is 27.7 Å². The van der Waals surface area contributed by atoms with E-state index in [4.69, 9.17) is 4.74 Å².